The summed E-state index contributed by atoms with van der Waals surface area (Å²) in [6, 6.07) is 17.3. The Balaban J connectivity index is 2.19. The Labute approximate surface area is 147 Å². The van der Waals surface area contributed by atoms with Crippen molar-refractivity contribution >= 4 is 28.9 Å². The summed E-state index contributed by atoms with van der Waals surface area (Å²) in [5.41, 5.74) is 2.64. The predicted molar refractivity (Wildman–Crippen MR) is 98.5 cm³/mol. The average Bonchev–Trinajstić information content (AvgIpc) is 2.59. The van der Waals surface area contributed by atoms with Crippen LogP contribution in [0.25, 0.3) is 0 Å². The monoisotopic (exact) mass is 341 g/mol. The van der Waals surface area contributed by atoms with Crippen LogP contribution in [0.3, 0.4) is 0 Å². The van der Waals surface area contributed by atoms with Crippen molar-refractivity contribution in [3.63, 3.8) is 0 Å². The number of likely N-dealkylation sites (N-methyl/N-ethyl adjacent to an activating group) is 1. The van der Waals surface area contributed by atoms with Crippen LogP contribution in [0, 0.1) is 18.3 Å². The molecular weight excluding hydrogens is 322 g/mol. The third-order valence-corrected chi connectivity index (χ3v) is 4.19. The Morgan fingerprint density at radius 3 is 2.50 bits per heavy atom. The number of carbonyl (C=O) groups is 1. The summed E-state index contributed by atoms with van der Waals surface area (Å²) in [5, 5.41) is 9.54. The Morgan fingerprint density at radius 1 is 1.17 bits per heavy atom. The summed E-state index contributed by atoms with van der Waals surface area (Å²) < 4.78 is 0. The molecule has 2 aromatic rings. The van der Waals surface area contributed by atoms with Crippen LogP contribution in [0.5, 0.6) is 0 Å². The molecule has 0 aliphatic heterocycles. The maximum Gasteiger partial charge on any atom is 0.246 e. The fraction of sp³-hybridized carbons (Fsp3) is 0.263. The van der Waals surface area contributed by atoms with Gasteiger partial charge in [-0.3, -0.25) is 4.79 Å². The zero-order valence-corrected chi connectivity index (χ0v) is 14.6. The molecular formula is C19H20ClN3O. The molecule has 124 valence electrons. The van der Waals surface area contributed by atoms with Gasteiger partial charge in [0.05, 0.1) is 19.0 Å². The maximum atomic E-state index is 12.8. The molecule has 4 nitrogen and oxygen atoms in total. The first kappa shape index (κ1) is 17.8. The fourth-order valence-corrected chi connectivity index (χ4v) is 2.54. The van der Waals surface area contributed by atoms with Crippen molar-refractivity contribution in [2.45, 2.75) is 13.3 Å². The molecule has 0 fully saturated rings. The number of hydrogen-bond donors (Lipinski definition) is 0. The number of benzene rings is 2. The standard InChI is InChI=1S/C19H20ClN3O/c1-15-13-17(9-10-18(15)20)23(12-6-11-21)19(24)14-22(2)16-7-4-3-5-8-16/h3-5,7-10,13H,6,12,14H2,1-2H3. The second-order valence-electron chi connectivity index (χ2n) is 5.58. The highest BCUT2D eigenvalue weighted by atomic mass is 35.5. The first-order valence-electron chi connectivity index (χ1n) is 7.72. The number of nitrogens with zero attached hydrogens (tertiary/aromatic N) is 3. The number of anilines is 2. The van der Waals surface area contributed by atoms with Gasteiger partial charge in [-0.2, -0.15) is 5.26 Å². The topological polar surface area (TPSA) is 47.3 Å². The predicted octanol–water partition coefficient (Wildman–Crippen LogP) is 4.03. The van der Waals surface area contributed by atoms with Gasteiger partial charge in [0.25, 0.3) is 0 Å². The van der Waals surface area contributed by atoms with Crippen LogP contribution in [-0.2, 0) is 4.79 Å². The third-order valence-electron chi connectivity index (χ3n) is 3.77. The molecule has 2 aromatic carbocycles. The number of carbonyl (C=O) groups excluding carboxylic acids is 1. The summed E-state index contributed by atoms with van der Waals surface area (Å²) in [5.74, 6) is -0.0571. The van der Waals surface area contributed by atoms with Gasteiger partial charge in [0.15, 0.2) is 0 Å². The van der Waals surface area contributed by atoms with Crippen LogP contribution in [0.2, 0.25) is 5.02 Å². The van der Waals surface area contributed by atoms with E-state index in [4.69, 9.17) is 16.9 Å². The summed E-state index contributed by atoms with van der Waals surface area (Å²) in [6.45, 7) is 2.49. The number of halogens is 1. The number of hydrogen-bond acceptors (Lipinski definition) is 3. The second kappa shape index (κ2) is 8.37. The Hall–Kier alpha value is -2.51. The maximum absolute atomic E-state index is 12.8. The quantitative estimate of drug-likeness (QED) is 0.797. The lowest BCUT2D eigenvalue weighted by molar-refractivity contribution is -0.117. The van der Waals surface area contributed by atoms with E-state index in [9.17, 15) is 4.79 Å². The highest BCUT2D eigenvalue weighted by molar-refractivity contribution is 6.31. The highest BCUT2D eigenvalue weighted by Crippen LogP contribution is 2.23. The molecule has 0 saturated heterocycles. The number of aryl methyl sites for hydroxylation is 1. The summed E-state index contributed by atoms with van der Waals surface area (Å²) in [6.07, 6.45) is 0.280. The van der Waals surface area contributed by atoms with E-state index in [-0.39, 0.29) is 18.9 Å². The Kier molecular flexibility index (Phi) is 6.22. The van der Waals surface area contributed by atoms with Crippen LogP contribution in [0.4, 0.5) is 11.4 Å². The molecule has 24 heavy (non-hydrogen) atoms. The van der Waals surface area contributed by atoms with Gasteiger partial charge in [-0.05, 0) is 42.8 Å². The van der Waals surface area contributed by atoms with E-state index in [1.807, 2.05) is 61.3 Å². The first-order chi connectivity index (χ1) is 11.5. The van der Waals surface area contributed by atoms with Crippen molar-refractivity contribution in [1.82, 2.24) is 0 Å². The molecule has 0 N–H and O–H groups in total. The molecule has 0 spiro atoms. The van der Waals surface area contributed by atoms with Gasteiger partial charge in [-0.15, -0.1) is 0 Å². The minimum Gasteiger partial charge on any atom is -0.365 e. The molecule has 0 aliphatic rings. The van der Waals surface area contributed by atoms with Gasteiger partial charge >= 0.3 is 0 Å². The van der Waals surface area contributed by atoms with Crippen molar-refractivity contribution in [1.29, 1.82) is 5.26 Å². The second-order valence-corrected chi connectivity index (χ2v) is 5.99. The zero-order valence-electron chi connectivity index (χ0n) is 13.9. The summed E-state index contributed by atoms with van der Waals surface area (Å²) in [4.78, 5) is 16.3. The molecule has 0 aliphatic carbocycles. The smallest absolute Gasteiger partial charge is 0.246 e. The molecule has 0 heterocycles. The highest BCUT2D eigenvalue weighted by Gasteiger charge is 2.18. The number of rotatable bonds is 6. The molecule has 0 radical (unpaired) electrons. The Bertz CT molecular complexity index is 740. The largest absolute Gasteiger partial charge is 0.365 e. The molecule has 1 amide bonds. The number of nitriles is 1. The zero-order chi connectivity index (χ0) is 17.5. The lowest BCUT2D eigenvalue weighted by atomic mass is 10.2. The lowest BCUT2D eigenvalue weighted by Crippen LogP contribution is -2.39. The van der Waals surface area contributed by atoms with Crippen molar-refractivity contribution in [2.24, 2.45) is 0 Å². The van der Waals surface area contributed by atoms with Crippen LogP contribution in [-0.4, -0.2) is 26.0 Å². The van der Waals surface area contributed by atoms with Gasteiger partial charge < -0.3 is 9.80 Å². The third kappa shape index (κ3) is 4.50. The minimum absolute atomic E-state index is 0.0571. The van der Waals surface area contributed by atoms with E-state index < -0.39 is 0 Å². The number of amides is 1. The van der Waals surface area contributed by atoms with Crippen molar-refractivity contribution < 1.29 is 4.79 Å². The van der Waals surface area contributed by atoms with Crippen LogP contribution < -0.4 is 9.80 Å². The molecule has 0 aromatic heterocycles. The Morgan fingerprint density at radius 2 is 1.88 bits per heavy atom. The fourth-order valence-electron chi connectivity index (χ4n) is 2.42. The normalized spacial score (nSPS) is 10.1. The molecule has 2 rings (SSSR count). The van der Waals surface area contributed by atoms with Crippen molar-refractivity contribution in [3.05, 3.63) is 59.1 Å². The van der Waals surface area contributed by atoms with Crippen LogP contribution >= 0.6 is 11.6 Å². The van der Waals surface area contributed by atoms with Crippen LogP contribution in [0.1, 0.15) is 12.0 Å². The van der Waals surface area contributed by atoms with Gasteiger partial charge in [0.1, 0.15) is 0 Å². The van der Waals surface area contributed by atoms with E-state index in [0.29, 0.717) is 11.6 Å². The van der Waals surface area contributed by atoms with Gasteiger partial charge in [-0.25, -0.2) is 0 Å². The average molecular weight is 342 g/mol. The minimum atomic E-state index is -0.0571. The molecule has 0 atom stereocenters. The van der Waals surface area contributed by atoms with Crippen LogP contribution in [0.15, 0.2) is 48.5 Å². The van der Waals surface area contributed by atoms with E-state index >= 15 is 0 Å². The number of para-hydroxylation sites is 1. The molecule has 5 heteroatoms. The summed E-state index contributed by atoms with van der Waals surface area (Å²) in [7, 11) is 1.88. The lowest BCUT2D eigenvalue weighted by Gasteiger charge is -2.26. The van der Waals surface area contributed by atoms with Crippen molar-refractivity contribution in [2.75, 3.05) is 29.9 Å². The molecule has 0 unspecified atom stereocenters. The van der Waals surface area contributed by atoms with Gasteiger partial charge in [0.2, 0.25) is 5.91 Å². The van der Waals surface area contributed by atoms with Crippen molar-refractivity contribution in [3.8, 4) is 6.07 Å². The summed E-state index contributed by atoms with van der Waals surface area (Å²) >= 11 is 6.07. The SMILES string of the molecule is Cc1cc(N(CCC#N)C(=O)CN(C)c2ccccc2)ccc1Cl. The van der Waals surface area contributed by atoms with Gasteiger partial charge in [-0.1, -0.05) is 29.8 Å². The molecule has 0 bridgehead atoms. The van der Waals surface area contributed by atoms with E-state index in [0.717, 1.165) is 16.9 Å². The molecule has 0 saturated carbocycles. The first-order valence-corrected chi connectivity index (χ1v) is 8.10. The van der Waals surface area contributed by atoms with E-state index in [1.54, 1.807) is 11.0 Å². The van der Waals surface area contributed by atoms with Gasteiger partial charge in [0, 0.05) is 30.0 Å². The van der Waals surface area contributed by atoms with E-state index in [2.05, 4.69) is 6.07 Å². The van der Waals surface area contributed by atoms with E-state index in [1.165, 1.54) is 0 Å².